The molecule has 2 aromatic heterocycles. The third kappa shape index (κ3) is 3.68. The average molecular weight is 390 g/mol. The summed E-state index contributed by atoms with van der Waals surface area (Å²) in [5, 5.41) is 5.76. The van der Waals surface area contributed by atoms with E-state index in [1.165, 1.54) is 11.8 Å². The number of halogens is 1. The quantitative estimate of drug-likeness (QED) is 0.626. The zero-order valence-corrected chi connectivity index (χ0v) is 16.7. The van der Waals surface area contributed by atoms with E-state index in [0.717, 1.165) is 22.5 Å². The summed E-state index contributed by atoms with van der Waals surface area (Å²) in [4.78, 5) is 23.3. The number of amides is 1. The van der Waals surface area contributed by atoms with Crippen LogP contribution in [0.15, 0.2) is 29.4 Å². The number of aromatic nitrogens is 4. The lowest BCUT2D eigenvalue weighted by atomic mass is 10.1. The molecule has 2 heterocycles. The van der Waals surface area contributed by atoms with Gasteiger partial charge in [-0.25, -0.2) is 9.50 Å². The van der Waals surface area contributed by atoms with Crippen LogP contribution in [0.1, 0.15) is 22.5 Å². The second-order valence-electron chi connectivity index (χ2n) is 6.09. The molecule has 0 aliphatic rings. The molecule has 3 aromatic rings. The number of rotatable bonds is 5. The van der Waals surface area contributed by atoms with Crippen LogP contribution >= 0.6 is 23.4 Å². The number of thioether (sulfide) groups is 1. The molecule has 6 nitrogen and oxygen atoms in total. The first-order valence-electron chi connectivity index (χ1n) is 8.15. The lowest BCUT2D eigenvalue weighted by molar-refractivity contribution is -0.129. The molecule has 0 aliphatic carbocycles. The van der Waals surface area contributed by atoms with Gasteiger partial charge in [-0.05, 0) is 31.7 Å². The monoisotopic (exact) mass is 389 g/mol. The number of hydrogen-bond acceptors (Lipinski definition) is 5. The van der Waals surface area contributed by atoms with Crippen molar-refractivity contribution >= 4 is 35.0 Å². The molecule has 1 aromatic carbocycles. The zero-order chi connectivity index (χ0) is 18.8. The van der Waals surface area contributed by atoms with E-state index in [1.54, 1.807) is 16.5 Å². The summed E-state index contributed by atoms with van der Waals surface area (Å²) in [6.07, 6.45) is 2.18. The van der Waals surface area contributed by atoms with Crippen LogP contribution in [-0.2, 0) is 17.8 Å². The van der Waals surface area contributed by atoms with Gasteiger partial charge in [-0.2, -0.15) is 4.98 Å². The summed E-state index contributed by atoms with van der Waals surface area (Å²) in [6, 6.07) is 7.55. The molecular formula is C18H20ClN5OS. The molecule has 3 rings (SSSR count). The standard InChI is InChI=1S/C18H20ClN5OS/c1-11-14(12(2)24-17(20-11)21-18(22-24)26-4)9-16(25)23(3)10-13-7-5-6-8-15(13)19/h5-8H,9-10H2,1-4H3. The number of carbonyl (C=O) groups is 1. The van der Waals surface area contributed by atoms with Crippen LogP contribution in [0.2, 0.25) is 5.02 Å². The minimum absolute atomic E-state index is 0.00229. The molecule has 0 atom stereocenters. The van der Waals surface area contributed by atoms with Crippen molar-refractivity contribution < 1.29 is 4.79 Å². The zero-order valence-electron chi connectivity index (χ0n) is 15.2. The third-order valence-corrected chi connectivity index (χ3v) is 5.24. The van der Waals surface area contributed by atoms with E-state index in [1.807, 2.05) is 44.4 Å². The number of nitrogens with zero attached hydrogens (tertiary/aromatic N) is 5. The van der Waals surface area contributed by atoms with Crippen LogP contribution in [0.25, 0.3) is 5.78 Å². The highest BCUT2D eigenvalue weighted by Gasteiger charge is 2.18. The molecule has 0 unspecified atom stereocenters. The minimum atomic E-state index is 0.00229. The minimum Gasteiger partial charge on any atom is -0.341 e. The topological polar surface area (TPSA) is 63.4 Å². The predicted molar refractivity (Wildman–Crippen MR) is 104 cm³/mol. The number of aryl methyl sites for hydroxylation is 2. The van der Waals surface area contributed by atoms with E-state index in [0.29, 0.717) is 22.5 Å². The summed E-state index contributed by atoms with van der Waals surface area (Å²) in [7, 11) is 1.78. The van der Waals surface area contributed by atoms with Gasteiger partial charge >= 0.3 is 0 Å². The van der Waals surface area contributed by atoms with Crippen LogP contribution < -0.4 is 0 Å². The van der Waals surface area contributed by atoms with E-state index in [2.05, 4.69) is 15.1 Å². The summed E-state index contributed by atoms with van der Waals surface area (Å²) >= 11 is 7.66. The van der Waals surface area contributed by atoms with Crippen molar-refractivity contribution in [1.29, 1.82) is 0 Å². The Labute approximate surface area is 161 Å². The maximum atomic E-state index is 12.7. The Bertz CT molecular complexity index is 972. The Hall–Kier alpha value is -2.12. The van der Waals surface area contributed by atoms with E-state index >= 15 is 0 Å². The predicted octanol–water partition coefficient (Wildman–Crippen LogP) is 3.32. The fourth-order valence-corrected chi connectivity index (χ4v) is 3.32. The van der Waals surface area contributed by atoms with Crippen LogP contribution in [-0.4, -0.2) is 43.7 Å². The Balaban J connectivity index is 1.83. The molecule has 0 N–H and O–H groups in total. The Morgan fingerprint density at radius 2 is 2.00 bits per heavy atom. The second kappa shape index (κ2) is 7.63. The van der Waals surface area contributed by atoms with Gasteiger partial charge < -0.3 is 4.90 Å². The van der Waals surface area contributed by atoms with Crippen molar-refractivity contribution in [1.82, 2.24) is 24.5 Å². The molecule has 0 saturated heterocycles. The molecule has 0 radical (unpaired) electrons. The number of carbonyl (C=O) groups excluding carboxylic acids is 1. The molecule has 0 saturated carbocycles. The van der Waals surface area contributed by atoms with Crippen molar-refractivity contribution in [2.75, 3.05) is 13.3 Å². The summed E-state index contributed by atoms with van der Waals surface area (Å²) in [5.41, 5.74) is 3.49. The molecular weight excluding hydrogens is 370 g/mol. The highest BCUT2D eigenvalue weighted by Crippen LogP contribution is 2.19. The van der Waals surface area contributed by atoms with Gasteiger partial charge in [-0.3, -0.25) is 4.79 Å². The van der Waals surface area contributed by atoms with Crippen molar-refractivity contribution in [3.63, 3.8) is 0 Å². The van der Waals surface area contributed by atoms with Crippen LogP contribution in [0, 0.1) is 13.8 Å². The normalized spacial score (nSPS) is 11.1. The van der Waals surface area contributed by atoms with Crippen LogP contribution in [0.5, 0.6) is 0 Å². The van der Waals surface area contributed by atoms with Gasteiger partial charge in [0.05, 0.1) is 6.42 Å². The number of hydrogen-bond donors (Lipinski definition) is 0. The average Bonchev–Trinajstić information content (AvgIpc) is 3.03. The van der Waals surface area contributed by atoms with Crippen molar-refractivity contribution in [2.45, 2.75) is 32.0 Å². The summed E-state index contributed by atoms with van der Waals surface area (Å²) < 4.78 is 1.70. The maximum absolute atomic E-state index is 12.7. The van der Waals surface area contributed by atoms with E-state index in [-0.39, 0.29) is 12.3 Å². The first-order valence-corrected chi connectivity index (χ1v) is 9.75. The molecule has 136 valence electrons. The van der Waals surface area contributed by atoms with E-state index < -0.39 is 0 Å². The lowest BCUT2D eigenvalue weighted by Crippen LogP contribution is -2.28. The molecule has 8 heteroatoms. The molecule has 0 fully saturated rings. The van der Waals surface area contributed by atoms with E-state index in [4.69, 9.17) is 11.6 Å². The van der Waals surface area contributed by atoms with Crippen LogP contribution in [0.4, 0.5) is 0 Å². The largest absolute Gasteiger partial charge is 0.341 e. The fourth-order valence-electron chi connectivity index (χ4n) is 2.79. The van der Waals surface area contributed by atoms with Gasteiger partial charge in [0.1, 0.15) is 0 Å². The molecule has 26 heavy (non-hydrogen) atoms. The highest BCUT2D eigenvalue weighted by atomic mass is 35.5. The molecule has 0 aliphatic heterocycles. The van der Waals surface area contributed by atoms with Crippen molar-refractivity contribution in [3.8, 4) is 0 Å². The van der Waals surface area contributed by atoms with Gasteiger partial charge in [0.15, 0.2) is 0 Å². The van der Waals surface area contributed by atoms with Crippen molar-refractivity contribution in [3.05, 3.63) is 51.8 Å². The molecule has 0 spiro atoms. The number of benzene rings is 1. The molecule has 1 amide bonds. The smallest absolute Gasteiger partial charge is 0.253 e. The van der Waals surface area contributed by atoms with Gasteiger partial charge in [-0.15, -0.1) is 5.10 Å². The maximum Gasteiger partial charge on any atom is 0.253 e. The first kappa shape index (κ1) is 18.7. The number of likely N-dealkylation sites (N-methyl/N-ethyl adjacent to an activating group) is 1. The second-order valence-corrected chi connectivity index (χ2v) is 7.27. The lowest BCUT2D eigenvalue weighted by Gasteiger charge is -2.19. The van der Waals surface area contributed by atoms with Gasteiger partial charge in [0.2, 0.25) is 11.1 Å². The first-order chi connectivity index (χ1) is 12.4. The summed E-state index contributed by atoms with van der Waals surface area (Å²) in [6.45, 7) is 4.31. The van der Waals surface area contributed by atoms with Gasteiger partial charge in [0.25, 0.3) is 5.78 Å². The fraction of sp³-hybridized carbons (Fsp3) is 0.333. The third-order valence-electron chi connectivity index (χ3n) is 4.33. The molecule has 0 bridgehead atoms. The van der Waals surface area contributed by atoms with E-state index in [9.17, 15) is 4.79 Å². The summed E-state index contributed by atoms with van der Waals surface area (Å²) in [5.74, 6) is 0.562. The Morgan fingerprint density at radius 3 is 2.69 bits per heavy atom. The van der Waals surface area contributed by atoms with Gasteiger partial charge in [0, 0.05) is 35.6 Å². The highest BCUT2D eigenvalue weighted by molar-refractivity contribution is 7.98. The van der Waals surface area contributed by atoms with Crippen molar-refractivity contribution in [2.24, 2.45) is 0 Å². The van der Waals surface area contributed by atoms with Crippen LogP contribution in [0.3, 0.4) is 0 Å². The Kier molecular flexibility index (Phi) is 5.48. The number of fused-ring (bicyclic) bond motifs is 1. The Morgan fingerprint density at radius 1 is 1.27 bits per heavy atom. The SMILES string of the molecule is CSc1nc2nc(C)c(CC(=O)N(C)Cc3ccccc3Cl)c(C)n2n1. The van der Waals surface area contributed by atoms with Gasteiger partial charge in [-0.1, -0.05) is 41.6 Å².